The monoisotopic (exact) mass is 377 g/mol. The average Bonchev–Trinajstić information content (AvgIpc) is 2.45. The van der Waals surface area contributed by atoms with Crippen LogP contribution in [0.1, 0.15) is 16.7 Å². The Hall–Kier alpha value is -1.92. The molecule has 0 saturated carbocycles. The van der Waals surface area contributed by atoms with E-state index in [9.17, 15) is 18.0 Å². The fourth-order valence-electron chi connectivity index (χ4n) is 2.01. The van der Waals surface area contributed by atoms with Crippen molar-refractivity contribution in [3.8, 4) is 5.75 Å². The van der Waals surface area contributed by atoms with E-state index >= 15 is 0 Å². The van der Waals surface area contributed by atoms with Crippen LogP contribution in [0.15, 0.2) is 30.3 Å². The SMILES string of the molecule is Cc1cc(OC(=O)Nc2cc(C(F)(F)F)ccc2Cl)cc(C)c1Cl. The molecular formula is C16H12Cl2F3NO2. The lowest BCUT2D eigenvalue weighted by Crippen LogP contribution is -2.18. The molecule has 0 aliphatic heterocycles. The molecule has 8 heteroatoms. The van der Waals surface area contributed by atoms with E-state index < -0.39 is 17.8 Å². The predicted molar refractivity (Wildman–Crippen MR) is 87.0 cm³/mol. The van der Waals surface area contributed by atoms with E-state index in [0.717, 1.165) is 18.2 Å². The van der Waals surface area contributed by atoms with Gasteiger partial charge in [-0.3, -0.25) is 5.32 Å². The summed E-state index contributed by atoms with van der Waals surface area (Å²) in [6.07, 6.45) is -5.51. The number of ether oxygens (including phenoxy) is 1. The van der Waals surface area contributed by atoms with Crippen molar-refractivity contribution in [2.75, 3.05) is 5.32 Å². The molecule has 0 aliphatic rings. The second-order valence-corrected chi connectivity index (χ2v) is 5.86. The standard InChI is InChI=1S/C16H12Cl2F3NO2/c1-8-5-11(6-9(2)14(8)18)24-15(23)22-13-7-10(16(19,20)21)3-4-12(13)17/h3-7H,1-2H3,(H,22,23). The largest absolute Gasteiger partial charge is 0.417 e. The smallest absolute Gasteiger partial charge is 0.410 e. The van der Waals surface area contributed by atoms with E-state index in [1.165, 1.54) is 0 Å². The maximum atomic E-state index is 12.7. The number of carbonyl (C=O) groups is 1. The minimum absolute atomic E-state index is 0.0385. The predicted octanol–water partition coefficient (Wildman–Crippen LogP) is 6.24. The first-order chi connectivity index (χ1) is 11.1. The van der Waals surface area contributed by atoms with E-state index in [0.29, 0.717) is 16.1 Å². The van der Waals surface area contributed by atoms with Crippen LogP contribution in [-0.4, -0.2) is 6.09 Å². The topological polar surface area (TPSA) is 38.3 Å². The van der Waals surface area contributed by atoms with E-state index in [1.54, 1.807) is 26.0 Å². The van der Waals surface area contributed by atoms with Crippen LogP contribution in [0.5, 0.6) is 5.75 Å². The number of benzene rings is 2. The van der Waals surface area contributed by atoms with Crippen molar-refractivity contribution >= 4 is 35.0 Å². The molecule has 3 nitrogen and oxygen atoms in total. The summed E-state index contributed by atoms with van der Waals surface area (Å²) in [6, 6.07) is 5.70. The van der Waals surface area contributed by atoms with Crippen LogP contribution in [0.3, 0.4) is 0 Å². The number of rotatable bonds is 2. The highest BCUT2D eigenvalue weighted by Gasteiger charge is 2.31. The number of hydrogen-bond donors (Lipinski definition) is 1. The van der Waals surface area contributed by atoms with E-state index in [-0.39, 0.29) is 16.5 Å². The molecule has 0 unspecified atom stereocenters. The number of amides is 1. The molecule has 24 heavy (non-hydrogen) atoms. The average molecular weight is 378 g/mol. The summed E-state index contributed by atoms with van der Waals surface area (Å²) in [7, 11) is 0. The molecule has 2 aromatic carbocycles. The first-order valence-corrected chi connectivity index (χ1v) is 7.46. The lowest BCUT2D eigenvalue weighted by Gasteiger charge is -2.12. The zero-order chi connectivity index (χ0) is 18.1. The number of nitrogens with one attached hydrogen (secondary N) is 1. The van der Waals surface area contributed by atoms with Crippen molar-refractivity contribution in [3.63, 3.8) is 0 Å². The lowest BCUT2D eigenvalue weighted by atomic mass is 10.1. The van der Waals surface area contributed by atoms with Gasteiger partial charge in [-0.25, -0.2) is 4.79 Å². The highest BCUT2D eigenvalue weighted by Crippen LogP contribution is 2.34. The highest BCUT2D eigenvalue weighted by molar-refractivity contribution is 6.33. The van der Waals surface area contributed by atoms with Gasteiger partial charge in [-0.2, -0.15) is 13.2 Å². The summed E-state index contributed by atoms with van der Waals surface area (Å²) in [5.41, 5.74) is 0.285. The van der Waals surface area contributed by atoms with Gasteiger partial charge < -0.3 is 4.74 Å². The zero-order valence-electron chi connectivity index (χ0n) is 12.6. The molecule has 0 fully saturated rings. The van der Waals surface area contributed by atoms with E-state index in [4.69, 9.17) is 27.9 Å². The lowest BCUT2D eigenvalue weighted by molar-refractivity contribution is -0.137. The molecule has 0 spiro atoms. The molecule has 0 aliphatic carbocycles. The van der Waals surface area contributed by atoms with Crippen molar-refractivity contribution < 1.29 is 22.7 Å². The van der Waals surface area contributed by atoms with Crippen LogP contribution >= 0.6 is 23.2 Å². The Morgan fingerprint density at radius 3 is 2.21 bits per heavy atom. The molecule has 0 aromatic heterocycles. The van der Waals surface area contributed by atoms with E-state index in [2.05, 4.69) is 5.32 Å². The normalized spacial score (nSPS) is 11.3. The van der Waals surface area contributed by atoms with Gasteiger partial charge in [0.05, 0.1) is 16.3 Å². The molecule has 0 bridgehead atoms. The molecule has 1 N–H and O–H groups in total. The summed E-state index contributed by atoms with van der Waals surface area (Å²) < 4.78 is 43.2. The molecule has 2 rings (SSSR count). The Kier molecular flexibility index (Phi) is 5.30. The highest BCUT2D eigenvalue weighted by atomic mass is 35.5. The number of alkyl halides is 3. The molecule has 1 amide bonds. The molecule has 0 heterocycles. The number of carbonyl (C=O) groups excluding carboxylic acids is 1. The van der Waals surface area contributed by atoms with Gasteiger partial charge >= 0.3 is 12.3 Å². The quantitative estimate of drug-likeness (QED) is 0.672. The van der Waals surface area contributed by atoms with Gasteiger partial charge in [0.1, 0.15) is 5.75 Å². The first-order valence-electron chi connectivity index (χ1n) is 6.70. The zero-order valence-corrected chi connectivity index (χ0v) is 14.1. The number of aryl methyl sites for hydroxylation is 2. The Labute approximate surface area is 146 Å². The summed E-state index contributed by atoms with van der Waals surface area (Å²) >= 11 is 11.8. The fraction of sp³-hybridized carbons (Fsp3) is 0.188. The Morgan fingerprint density at radius 2 is 1.67 bits per heavy atom. The maximum Gasteiger partial charge on any atom is 0.417 e. The summed E-state index contributed by atoms with van der Waals surface area (Å²) in [6.45, 7) is 3.48. The van der Waals surface area contributed by atoms with Crippen molar-refractivity contribution in [1.29, 1.82) is 0 Å². The number of hydrogen-bond acceptors (Lipinski definition) is 2. The van der Waals surface area contributed by atoms with Crippen LogP contribution in [-0.2, 0) is 6.18 Å². The van der Waals surface area contributed by atoms with Crippen molar-refractivity contribution in [2.45, 2.75) is 20.0 Å². The van der Waals surface area contributed by atoms with Crippen LogP contribution in [0.4, 0.5) is 23.7 Å². The minimum Gasteiger partial charge on any atom is -0.410 e. The summed E-state index contributed by atoms with van der Waals surface area (Å²) in [5, 5.41) is 2.71. The van der Waals surface area contributed by atoms with Crippen LogP contribution in [0, 0.1) is 13.8 Å². The second kappa shape index (κ2) is 6.91. The number of anilines is 1. The molecule has 0 atom stereocenters. The second-order valence-electron chi connectivity index (χ2n) is 5.08. The first kappa shape index (κ1) is 18.4. The third-order valence-corrected chi connectivity index (χ3v) is 4.08. The van der Waals surface area contributed by atoms with Gasteiger partial charge in [-0.05, 0) is 55.3 Å². The maximum absolute atomic E-state index is 12.7. The summed E-state index contributed by atoms with van der Waals surface area (Å²) in [4.78, 5) is 11.9. The van der Waals surface area contributed by atoms with Gasteiger partial charge in [0.25, 0.3) is 0 Å². The van der Waals surface area contributed by atoms with Gasteiger partial charge in [0.15, 0.2) is 0 Å². The van der Waals surface area contributed by atoms with Crippen molar-refractivity contribution in [3.05, 3.63) is 57.1 Å². The molecule has 128 valence electrons. The third-order valence-electron chi connectivity index (χ3n) is 3.15. The number of halogens is 5. The fourth-order valence-corrected chi connectivity index (χ4v) is 2.28. The van der Waals surface area contributed by atoms with Gasteiger partial charge in [-0.1, -0.05) is 23.2 Å². The van der Waals surface area contributed by atoms with Gasteiger partial charge in [0.2, 0.25) is 0 Å². The van der Waals surface area contributed by atoms with Crippen LogP contribution in [0.25, 0.3) is 0 Å². The Bertz CT molecular complexity index is 768. The molecule has 0 radical (unpaired) electrons. The third kappa shape index (κ3) is 4.33. The molecular weight excluding hydrogens is 366 g/mol. The van der Waals surface area contributed by atoms with Gasteiger partial charge in [-0.15, -0.1) is 0 Å². The van der Waals surface area contributed by atoms with Crippen LogP contribution < -0.4 is 10.1 Å². The Morgan fingerprint density at radius 1 is 1.08 bits per heavy atom. The Balaban J connectivity index is 2.18. The van der Waals surface area contributed by atoms with Crippen LogP contribution in [0.2, 0.25) is 10.0 Å². The molecule has 2 aromatic rings. The van der Waals surface area contributed by atoms with E-state index in [1.807, 2.05) is 0 Å². The van der Waals surface area contributed by atoms with Crippen molar-refractivity contribution in [1.82, 2.24) is 0 Å². The summed E-state index contributed by atoms with van der Waals surface area (Å²) in [5.74, 6) is 0.218. The van der Waals surface area contributed by atoms with Crippen molar-refractivity contribution in [2.24, 2.45) is 0 Å². The minimum atomic E-state index is -4.55. The van der Waals surface area contributed by atoms with Gasteiger partial charge in [0, 0.05) is 5.02 Å². The molecule has 0 saturated heterocycles.